The van der Waals surface area contributed by atoms with Crippen molar-refractivity contribution in [2.75, 3.05) is 25.6 Å². The molecule has 7 heteroatoms. The van der Waals surface area contributed by atoms with Gasteiger partial charge in [-0.05, 0) is 43.3 Å². The van der Waals surface area contributed by atoms with E-state index in [1.165, 1.54) is 25.3 Å². The second-order valence-corrected chi connectivity index (χ2v) is 5.53. The topological polar surface area (TPSA) is 90.9 Å². The molecule has 0 atom stereocenters. The summed E-state index contributed by atoms with van der Waals surface area (Å²) < 4.78 is 15.0. The van der Waals surface area contributed by atoms with Crippen LogP contribution in [0.4, 0.5) is 5.69 Å². The van der Waals surface area contributed by atoms with Crippen LogP contribution in [0, 0.1) is 0 Å². The lowest BCUT2D eigenvalue weighted by Gasteiger charge is -2.07. The first-order chi connectivity index (χ1) is 13.5. The number of anilines is 1. The number of hydrogen-bond donors (Lipinski definition) is 1. The van der Waals surface area contributed by atoms with Gasteiger partial charge in [-0.3, -0.25) is 4.79 Å². The Morgan fingerprint density at radius 2 is 1.71 bits per heavy atom. The normalized spacial score (nSPS) is 10.4. The van der Waals surface area contributed by atoms with Gasteiger partial charge in [0.05, 0.1) is 19.3 Å². The van der Waals surface area contributed by atoms with Crippen molar-refractivity contribution in [1.82, 2.24) is 0 Å². The van der Waals surface area contributed by atoms with Crippen LogP contribution in [0.1, 0.15) is 22.8 Å². The Morgan fingerprint density at radius 3 is 2.39 bits per heavy atom. The molecule has 0 spiro atoms. The number of nitrogens with one attached hydrogen (secondary N) is 1. The van der Waals surface area contributed by atoms with Crippen LogP contribution in [0.2, 0.25) is 0 Å². The summed E-state index contributed by atoms with van der Waals surface area (Å²) in [6.45, 7) is 1.57. The number of para-hydroxylation sites is 1. The van der Waals surface area contributed by atoms with Gasteiger partial charge in [-0.15, -0.1) is 0 Å². The molecule has 0 saturated carbocycles. The number of hydrogen-bond acceptors (Lipinski definition) is 6. The summed E-state index contributed by atoms with van der Waals surface area (Å²) in [4.78, 5) is 35.2. The first kappa shape index (κ1) is 20.7. The van der Waals surface area contributed by atoms with E-state index in [0.717, 1.165) is 0 Å². The summed E-state index contributed by atoms with van der Waals surface area (Å²) in [5, 5.41) is 2.58. The van der Waals surface area contributed by atoms with Gasteiger partial charge >= 0.3 is 11.9 Å². The Morgan fingerprint density at radius 1 is 1.00 bits per heavy atom. The molecule has 1 amide bonds. The lowest BCUT2D eigenvalue weighted by molar-refractivity contribution is -0.142. The maximum absolute atomic E-state index is 11.9. The average Bonchev–Trinajstić information content (AvgIpc) is 2.71. The number of benzene rings is 2. The van der Waals surface area contributed by atoms with Crippen molar-refractivity contribution < 1.29 is 28.6 Å². The van der Waals surface area contributed by atoms with E-state index in [0.29, 0.717) is 22.6 Å². The highest BCUT2D eigenvalue weighted by Gasteiger charge is 2.09. The van der Waals surface area contributed by atoms with Crippen molar-refractivity contribution >= 4 is 29.6 Å². The molecule has 7 nitrogen and oxygen atoms in total. The lowest BCUT2D eigenvalue weighted by atomic mass is 10.2. The molecule has 0 heterocycles. The van der Waals surface area contributed by atoms with Crippen LogP contribution in [0.15, 0.2) is 54.6 Å². The molecule has 0 radical (unpaired) electrons. The van der Waals surface area contributed by atoms with E-state index < -0.39 is 24.5 Å². The van der Waals surface area contributed by atoms with Crippen LogP contribution >= 0.6 is 0 Å². The number of carbonyl (C=O) groups excluding carboxylic acids is 3. The number of esters is 2. The number of ether oxygens (including phenoxy) is 3. The molecular formula is C21H21NO6. The number of methoxy groups -OCH3 is 1. The summed E-state index contributed by atoms with van der Waals surface area (Å²) in [6, 6.07) is 13.4. The molecule has 1 N–H and O–H groups in total. The molecule has 0 fully saturated rings. The van der Waals surface area contributed by atoms with Crippen LogP contribution in [-0.4, -0.2) is 38.2 Å². The highest BCUT2D eigenvalue weighted by atomic mass is 16.5. The predicted molar refractivity (Wildman–Crippen MR) is 104 cm³/mol. The quantitative estimate of drug-likeness (QED) is 0.556. The van der Waals surface area contributed by atoms with E-state index in [2.05, 4.69) is 5.32 Å². The Balaban J connectivity index is 1.82. The van der Waals surface area contributed by atoms with Crippen LogP contribution < -0.4 is 10.1 Å². The highest BCUT2D eigenvalue weighted by Crippen LogP contribution is 2.18. The van der Waals surface area contributed by atoms with E-state index in [-0.39, 0.29) is 6.61 Å². The Bertz CT molecular complexity index is 857. The molecule has 0 aliphatic heterocycles. The smallest absolute Gasteiger partial charge is 0.338 e. The monoisotopic (exact) mass is 383 g/mol. The highest BCUT2D eigenvalue weighted by molar-refractivity contribution is 5.95. The minimum Gasteiger partial charge on any atom is -0.496 e. The average molecular weight is 383 g/mol. The zero-order chi connectivity index (χ0) is 20.4. The fraction of sp³-hybridized carbons (Fsp3) is 0.190. The van der Waals surface area contributed by atoms with Crippen molar-refractivity contribution in [2.45, 2.75) is 6.92 Å². The van der Waals surface area contributed by atoms with E-state index >= 15 is 0 Å². The van der Waals surface area contributed by atoms with E-state index in [1.54, 1.807) is 37.3 Å². The minimum atomic E-state index is -0.654. The van der Waals surface area contributed by atoms with Gasteiger partial charge in [-0.25, -0.2) is 9.59 Å². The van der Waals surface area contributed by atoms with Gasteiger partial charge in [-0.2, -0.15) is 0 Å². The summed E-state index contributed by atoms with van der Waals surface area (Å²) in [6.07, 6.45) is 2.77. The third kappa shape index (κ3) is 6.28. The van der Waals surface area contributed by atoms with Crippen molar-refractivity contribution in [3.8, 4) is 5.75 Å². The van der Waals surface area contributed by atoms with Gasteiger partial charge in [0.1, 0.15) is 5.75 Å². The number of amides is 1. The van der Waals surface area contributed by atoms with E-state index in [9.17, 15) is 14.4 Å². The zero-order valence-corrected chi connectivity index (χ0v) is 15.6. The zero-order valence-electron chi connectivity index (χ0n) is 15.6. The Kier molecular flexibility index (Phi) is 7.77. The molecule has 0 saturated heterocycles. The molecule has 0 aromatic heterocycles. The number of rotatable bonds is 8. The van der Waals surface area contributed by atoms with Gasteiger partial charge in [-0.1, -0.05) is 18.2 Å². The molecule has 2 rings (SSSR count). The van der Waals surface area contributed by atoms with Crippen molar-refractivity contribution in [3.05, 3.63) is 65.7 Å². The third-order valence-electron chi connectivity index (χ3n) is 3.56. The minimum absolute atomic E-state index is 0.286. The van der Waals surface area contributed by atoms with Crippen LogP contribution in [0.25, 0.3) is 6.08 Å². The van der Waals surface area contributed by atoms with Crippen molar-refractivity contribution in [2.24, 2.45) is 0 Å². The van der Waals surface area contributed by atoms with Crippen molar-refractivity contribution in [1.29, 1.82) is 0 Å². The molecule has 146 valence electrons. The summed E-state index contributed by atoms with van der Waals surface area (Å²) in [7, 11) is 1.54. The SMILES string of the molecule is CCOC(=O)c1ccc(NC(=O)COC(=O)/C=C/c2ccccc2OC)cc1. The second-order valence-electron chi connectivity index (χ2n) is 5.53. The molecule has 0 unspecified atom stereocenters. The summed E-state index contributed by atoms with van der Waals surface area (Å²) in [5.74, 6) is -0.964. The third-order valence-corrected chi connectivity index (χ3v) is 3.56. The maximum Gasteiger partial charge on any atom is 0.338 e. The fourth-order valence-corrected chi connectivity index (χ4v) is 2.25. The van der Waals surface area contributed by atoms with E-state index in [4.69, 9.17) is 14.2 Å². The van der Waals surface area contributed by atoms with Crippen LogP contribution in [-0.2, 0) is 19.1 Å². The van der Waals surface area contributed by atoms with Gasteiger partial charge in [0.25, 0.3) is 5.91 Å². The lowest BCUT2D eigenvalue weighted by Crippen LogP contribution is -2.20. The van der Waals surface area contributed by atoms with E-state index in [1.807, 2.05) is 12.1 Å². The van der Waals surface area contributed by atoms with Crippen LogP contribution in [0.3, 0.4) is 0 Å². The summed E-state index contributed by atoms with van der Waals surface area (Å²) >= 11 is 0. The number of carbonyl (C=O) groups is 3. The van der Waals surface area contributed by atoms with Gasteiger partial charge in [0.15, 0.2) is 6.61 Å². The molecule has 28 heavy (non-hydrogen) atoms. The van der Waals surface area contributed by atoms with Crippen molar-refractivity contribution in [3.63, 3.8) is 0 Å². The standard InChI is InChI=1S/C21H21NO6/c1-3-27-21(25)16-8-11-17(12-9-16)22-19(23)14-28-20(24)13-10-15-6-4-5-7-18(15)26-2/h4-13H,3,14H2,1-2H3,(H,22,23)/b13-10+. The fourth-order valence-electron chi connectivity index (χ4n) is 2.25. The second kappa shape index (κ2) is 10.5. The van der Waals surface area contributed by atoms with Gasteiger partial charge < -0.3 is 19.5 Å². The largest absolute Gasteiger partial charge is 0.496 e. The molecule has 0 bridgehead atoms. The molecule has 0 aliphatic rings. The predicted octanol–water partition coefficient (Wildman–Crippen LogP) is 3.07. The summed E-state index contributed by atoms with van der Waals surface area (Å²) in [5.41, 5.74) is 1.57. The first-order valence-electron chi connectivity index (χ1n) is 8.58. The molecule has 2 aromatic rings. The molecule has 0 aliphatic carbocycles. The Hall–Kier alpha value is -3.61. The van der Waals surface area contributed by atoms with Gasteiger partial charge in [0.2, 0.25) is 0 Å². The molecular weight excluding hydrogens is 362 g/mol. The first-order valence-corrected chi connectivity index (χ1v) is 8.58. The Labute approximate surface area is 162 Å². The van der Waals surface area contributed by atoms with Gasteiger partial charge in [0, 0.05) is 17.3 Å². The molecule has 2 aromatic carbocycles. The van der Waals surface area contributed by atoms with Crippen LogP contribution in [0.5, 0.6) is 5.75 Å². The maximum atomic E-state index is 11.9.